The molecule has 0 radical (unpaired) electrons. The highest BCUT2D eigenvalue weighted by Gasteiger charge is 2.21. The van der Waals surface area contributed by atoms with Gasteiger partial charge in [0.15, 0.2) is 0 Å². The van der Waals surface area contributed by atoms with Crippen molar-refractivity contribution in [2.24, 2.45) is 0 Å². The van der Waals surface area contributed by atoms with Crippen LogP contribution in [0.25, 0.3) is 22.4 Å². The molecule has 0 aliphatic rings. The lowest BCUT2D eigenvalue weighted by molar-refractivity contribution is 0.278. The number of fused-ring (bicyclic) bond motifs is 1. The van der Waals surface area contributed by atoms with E-state index >= 15 is 0 Å². The number of benzene rings is 2. The van der Waals surface area contributed by atoms with Gasteiger partial charge in [-0.15, -0.1) is 0 Å². The van der Waals surface area contributed by atoms with E-state index in [1.165, 1.54) is 5.56 Å². The van der Waals surface area contributed by atoms with Crippen molar-refractivity contribution in [3.63, 3.8) is 0 Å². The van der Waals surface area contributed by atoms with Crippen LogP contribution in [0.15, 0.2) is 59.3 Å². The van der Waals surface area contributed by atoms with E-state index in [0.717, 1.165) is 43.8 Å². The second-order valence-corrected chi connectivity index (χ2v) is 8.67. The number of nitrogens with zero attached hydrogens (tertiary/aromatic N) is 3. The van der Waals surface area contributed by atoms with Gasteiger partial charge in [0.25, 0.3) is 0 Å². The van der Waals surface area contributed by atoms with Gasteiger partial charge in [0.2, 0.25) is 0 Å². The van der Waals surface area contributed by atoms with Crippen LogP contribution in [0, 0.1) is 0 Å². The Morgan fingerprint density at radius 2 is 1.94 bits per heavy atom. The van der Waals surface area contributed by atoms with Crippen LogP contribution in [0.4, 0.5) is 0 Å². The lowest BCUT2D eigenvalue weighted by Gasteiger charge is -2.13. The summed E-state index contributed by atoms with van der Waals surface area (Å²) in [5.41, 5.74) is 6.19. The van der Waals surface area contributed by atoms with Crippen LogP contribution >= 0.6 is 15.9 Å². The van der Waals surface area contributed by atoms with E-state index in [-0.39, 0.29) is 6.61 Å². The zero-order valence-electron chi connectivity index (χ0n) is 18.0. The number of aromatic nitrogens is 3. The molecule has 2 heterocycles. The second-order valence-electron chi connectivity index (χ2n) is 7.87. The number of aliphatic hydroxyl groups excluding tert-OH is 1. The van der Waals surface area contributed by atoms with Crippen molar-refractivity contribution in [3.05, 3.63) is 76.0 Å². The standard InChI is InChI=1S/C25H26BrN3O2/c1-16(2)18-6-8-19(9-7-18)25-28-23-22(26)20(13-17-5-4-10-27-15-17)14-21(31-3)24(23)29(25)11-12-30/h4-10,14-16,30H,11-13H2,1-3H3. The Bertz CT molecular complexity index is 1190. The molecule has 0 spiro atoms. The summed E-state index contributed by atoms with van der Waals surface area (Å²) < 4.78 is 8.74. The molecule has 5 nitrogen and oxygen atoms in total. The molecule has 0 aliphatic carbocycles. The molecule has 0 saturated carbocycles. The average Bonchev–Trinajstić information content (AvgIpc) is 3.16. The molecule has 2 aromatic carbocycles. The first kappa shape index (κ1) is 21.5. The SMILES string of the molecule is COc1cc(Cc2cccnc2)c(Br)c2nc(-c3ccc(C(C)C)cc3)n(CCO)c12. The topological polar surface area (TPSA) is 60.2 Å². The van der Waals surface area contributed by atoms with Gasteiger partial charge < -0.3 is 14.4 Å². The van der Waals surface area contributed by atoms with E-state index in [0.29, 0.717) is 18.9 Å². The second kappa shape index (κ2) is 9.20. The van der Waals surface area contributed by atoms with Gasteiger partial charge in [0, 0.05) is 35.4 Å². The van der Waals surface area contributed by atoms with Crippen molar-refractivity contribution in [1.29, 1.82) is 0 Å². The Morgan fingerprint density at radius 1 is 1.16 bits per heavy atom. The Balaban J connectivity index is 1.89. The highest BCUT2D eigenvalue weighted by Crippen LogP contribution is 2.38. The molecule has 4 aromatic rings. The maximum absolute atomic E-state index is 9.76. The number of imidazole rings is 1. The van der Waals surface area contributed by atoms with Gasteiger partial charge in [-0.1, -0.05) is 44.2 Å². The number of hydrogen-bond donors (Lipinski definition) is 1. The number of ether oxygens (including phenoxy) is 1. The van der Waals surface area contributed by atoms with E-state index in [1.54, 1.807) is 13.3 Å². The largest absolute Gasteiger partial charge is 0.494 e. The van der Waals surface area contributed by atoms with E-state index in [9.17, 15) is 5.11 Å². The lowest BCUT2D eigenvalue weighted by Crippen LogP contribution is -2.05. The fourth-order valence-corrected chi connectivity index (χ4v) is 4.39. The maximum Gasteiger partial charge on any atom is 0.145 e. The molecule has 2 aromatic heterocycles. The molecule has 0 saturated heterocycles. The van der Waals surface area contributed by atoms with Crippen LogP contribution < -0.4 is 4.74 Å². The fraction of sp³-hybridized carbons (Fsp3) is 0.280. The first-order valence-electron chi connectivity index (χ1n) is 10.4. The molecule has 0 bridgehead atoms. The number of methoxy groups -OCH3 is 1. The lowest BCUT2D eigenvalue weighted by atomic mass is 10.0. The van der Waals surface area contributed by atoms with Crippen LogP contribution in [0.2, 0.25) is 0 Å². The Morgan fingerprint density at radius 3 is 2.55 bits per heavy atom. The summed E-state index contributed by atoms with van der Waals surface area (Å²) in [6.45, 7) is 4.81. The van der Waals surface area contributed by atoms with Gasteiger partial charge in [-0.3, -0.25) is 4.98 Å². The van der Waals surface area contributed by atoms with E-state index in [1.807, 2.05) is 22.9 Å². The zero-order chi connectivity index (χ0) is 22.0. The summed E-state index contributed by atoms with van der Waals surface area (Å²) in [5, 5.41) is 9.76. The molecule has 31 heavy (non-hydrogen) atoms. The van der Waals surface area contributed by atoms with Crippen LogP contribution in [-0.2, 0) is 13.0 Å². The van der Waals surface area contributed by atoms with Crippen molar-refractivity contribution in [1.82, 2.24) is 14.5 Å². The summed E-state index contributed by atoms with van der Waals surface area (Å²) in [6.07, 6.45) is 4.36. The molecule has 0 fully saturated rings. The molecule has 0 atom stereocenters. The number of hydrogen-bond acceptors (Lipinski definition) is 4. The minimum Gasteiger partial charge on any atom is -0.494 e. The number of rotatable bonds is 7. The van der Waals surface area contributed by atoms with Gasteiger partial charge in [-0.25, -0.2) is 4.98 Å². The Hall–Kier alpha value is -2.70. The molecule has 4 rings (SSSR count). The monoisotopic (exact) mass is 479 g/mol. The highest BCUT2D eigenvalue weighted by molar-refractivity contribution is 9.10. The summed E-state index contributed by atoms with van der Waals surface area (Å²) in [4.78, 5) is 9.22. The predicted octanol–water partition coefficient (Wildman–Crippen LogP) is 5.58. The molecular formula is C25H26BrN3O2. The first-order valence-corrected chi connectivity index (χ1v) is 11.2. The molecule has 1 N–H and O–H groups in total. The number of halogens is 1. The molecule has 0 amide bonds. The van der Waals surface area contributed by atoms with Crippen molar-refractivity contribution in [3.8, 4) is 17.1 Å². The summed E-state index contributed by atoms with van der Waals surface area (Å²) in [7, 11) is 1.67. The average molecular weight is 480 g/mol. The van der Waals surface area contributed by atoms with Gasteiger partial charge in [-0.05, 0) is 50.7 Å². The highest BCUT2D eigenvalue weighted by atomic mass is 79.9. The van der Waals surface area contributed by atoms with Crippen LogP contribution in [0.5, 0.6) is 5.75 Å². The van der Waals surface area contributed by atoms with Crippen molar-refractivity contribution in [2.45, 2.75) is 32.7 Å². The van der Waals surface area contributed by atoms with E-state index in [2.05, 4.69) is 65.1 Å². The van der Waals surface area contributed by atoms with Crippen LogP contribution in [-0.4, -0.2) is 33.4 Å². The quantitative estimate of drug-likeness (QED) is 0.376. The van der Waals surface area contributed by atoms with Gasteiger partial charge in [0.05, 0.1) is 13.7 Å². The Kier molecular flexibility index (Phi) is 6.39. The fourth-order valence-electron chi connectivity index (χ4n) is 3.86. The van der Waals surface area contributed by atoms with Gasteiger partial charge in [0.1, 0.15) is 22.6 Å². The molecular weight excluding hydrogens is 454 g/mol. The predicted molar refractivity (Wildman–Crippen MR) is 128 cm³/mol. The maximum atomic E-state index is 9.76. The van der Waals surface area contributed by atoms with Crippen LogP contribution in [0.3, 0.4) is 0 Å². The first-order chi connectivity index (χ1) is 15.0. The van der Waals surface area contributed by atoms with Crippen molar-refractivity contribution >= 4 is 27.0 Å². The normalized spacial score (nSPS) is 11.4. The third-order valence-corrected chi connectivity index (χ3v) is 6.38. The minimum atomic E-state index is 0.0146. The zero-order valence-corrected chi connectivity index (χ0v) is 19.6. The third kappa shape index (κ3) is 4.23. The Labute approximate surface area is 190 Å². The molecule has 160 valence electrons. The van der Waals surface area contributed by atoms with E-state index in [4.69, 9.17) is 9.72 Å². The summed E-state index contributed by atoms with van der Waals surface area (Å²) in [5.74, 6) is 2.02. The summed E-state index contributed by atoms with van der Waals surface area (Å²) in [6, 6.07) is 14.5. The van der Waals surface area contributed by atoms with Crippen molar-refractivity contribution < 1.29 is 9.84 Å². The number of aliphatic hydroxyl groups is 1. The molecule has 6 heteroatoms. The molecule has 0 unspecified atom stereocenters. The number of pyridine rings is 1. The minimum absolute atomic E-state index is 0.0146. The third-order valence-electron chi connectivity index (χ3n) is 5.49. The van der Waals surface area contributed by atoms with Gasteiger partial charge in [-0.2, -0.15) is 0 Å². The van der Waals surface area contributed by atoms with Crippen molar-refractivity contribution in [2.75, 3.05) is 13.7 Å². The molecule has 0 aliphatic heterocycles. The summed E-state index contributed by atoms with van der Waals surface area (Å²) >= 11 is 3.79. The van der Waals surface area contributed by atoms with Gasteiger partial charge >= 0.3 is 0 Å². The van der Waals surface area contributed by atoms with E-state index < -0.39 is 0 Å². The van der Waals surface area contributed by atoms with Crippen LogP contribution in [0.1, 0.15) is 36.5 Å². The smallest absolute Gasteiger partial charge is 0.145 e.